The Hall–Kier alpha value is -2.57. The van der Waals surface area contributed by atoms with E-state index in [-0.39, 0.29) is 12.5 Å². The number of amides is 2. The Bertz CT molecular complexity index is 586. The molecular weight excluding hydrogens is 312 g/mol. The summed E-state index contributed by atoms with van der Waals surface area (Å²) in [6.07, 6.45) is 0.322. The molecule has 0 unspecified atom stereocenters. The van der Waals surface area contributed by atoms with Gasteiger partial charge in [-0.2, -0.15) is 0 Å². The van der Waals surface area contributed by atoms with Gasteiger partial charge in [0.25, 0.3) is 5.91 Å². The van der Waals surface area contributed by atoms with Gasteiger partial charge >= 0.3 is 5.97 Å². The normalized spacial score (nSPS) is 11.7. The first-order chi connectivity index (χ1) is 11.3. The van der Waals surface area contributed by atoms with E-state index in [1.807, 2.05) is 20.8 Å². The number of hydrogen-bond donors (Lipinski definition) is 3. The first-order valence-corrected chi connectivity index (χ1v) is 7.87. The van der Waals surface area contributed by atoms with Gasteiger partial charge in [0, 0.05) is 0 Å². The van der Waals surface area contributed by atoms with Gasteiger partial charge in [-0.3, -0.25) is 9.59 Å². The fourth-order valence-corrected chi connectivity index (χ4v) is 2.13. The second-order valence-corrected chi connectivity index (χ2v) is 5.70. The molecule has 0 aliphatic rings. The number of carboxylic acid groups (broad SMARTS) is 1. The van der Waals surface area contributed by atoms with Gasteiger partial charge in [0.15, 0.2) is 0 Å². The number of nitrogens with one attached hydrogen (secondary N) is 2. The number of carbonyl (C=O) groups excluding carboxylic acids is 2. The summed E-state index contributed by atoms with van der Waals surface area (Å²) in [5.74, 6) is -1.54. The van der Waals surface area contributed by atoms with Crippen molar-refractivity contribution in [1.82, 2.24) is 10.6 Å². The maximum absolute atomic E-state index is 12.2. The summed E-state index contributed by atoms with van der Waals surface area (Å²) < 4.78 is 5.37. The van der Waals surface area contributed by atoms with Gasteiger partial charge < -0.3 is 20.5 Å². The van der Waals surface area contributed by atoms with Gasteiger partial charge in [0.2, 0.25) is 5.91 Å². The molecular formula is C17H24N2O5. The molecule has 0 bridgehead atoms. The van der Waals surface area contributed by atoms with Crippen LogP contribution in [0.3, 0.4) is 0 Å². The van der Waals surface area contributed by atoms with Crippen LogP contribution < -0.4 is 15.4 Å². The minimum absolute atomic E-state index is 0.124. The average molecular weight is 336 g/mol. The summed E-state index contributed by atoms with van der Waals surface area (Å²) in [5, 5.41) is 14.0. The van der Waals surface area contributed by atoms with Crippen LogP contribution in [0.15, 0.2) is 24.3 Å². The van der Waals surface area contributed by atoms with E-state index in [0.717, 1.165) is 0 Å². The molecule has 0 saturated heterocycles. The lowest BCUT2D eigenvalue weighted by molar-refractivity contribution is -0.142. The smallest absolute Gasteiger partial charge is 0.326 e. The average Bonchev–Trinajstić information content (AvgIpc) is 2.52. The van der Waals surface area contributed by atoms with Crippen molar-refractivity contribution in [2.24, 2.45) is 5.92 Å². The van der Waals surface area contributed by atoms with Crippen molar-refractivity contribution in [3.8, 4) is 5.75 Å². The highest BCUT2D eigenvalue weighted by Gasteiger charge is 2.21. The van der Waals surface area contributed by atoms with Crippen molar-refractivity contribution in [2.75, 3.05) is 13.2 Å². The van der Waals surface area contributed by atoms with Crippen molar-refractivity contribution in [1.29, 1.82) is 0 Å². The third-order valence-corrected chi connectivity index (χ3v) is 3.18. The molecule has 1 rings (SSSR count). The molecule has 7 nitrogen and oxygen atoms in total. The van der Waals surface area contributed by atoms with Crippen LogP contribution in [0.4, 0.5) is 0 Å². The van der Waals surface area contributed by atoms with E-state index >= 15 is 0 Å². The predicted molar refractivity (Wildman–Crippen MR) is 89.0 cm³/mol. The summed E-state index contributed by atoms with van der Waals surface area (Å²) in [7, 11) is 0. The largest absolute Gasteiger partial charge is 0.493 e. The Kier molecular flexibility index (Phi) is 7.74. The summed E-state index contributed by atoms with van der Waals surface area (Å²) in [5.41, 5.74) is 0.323. The molecule has 7 heteroatoms. The molecule has 2 amide bonds. The number of benzene rings is 1. The van der Waals surface area contributed by atoms with Crippen LogP contribution >= 0.6 is 0 Å². The van der Waals surface area contributed by atoms with E-state index in [9.17, 15) is 14.4 Å². The molecule has 3 N–H and O–H groups in total. The highest BCUT2D eigenvalue weighted by molar-refractivity contribution is 5.99. The molecule has 0 heterocycles. The fourth-order valence-electron chi connectivity index (χ4n) is 2.13. The van der Waals surface area contributed by atoms with Crippen molar-refractivity contribution >= 4 is 17.8 Å². The van der Waals surface area contributed by atoms with Crippen LogP contribution in [0, 0.1) is 5.92 Å². The SMILES string of the molecule is CCOc1ccccc1C(=O)NCC(=O)N[C@@H](CC(C)C)C(=O)O. The molecule has 1 aromatic rings. The van der Waals surface area contributed by atoms with Crippen LogP contribution in [0.2, 0.25) is 0 Å². The Labute approximate surface area is 141 Å². The van der Waals surface area contributed by atoms with Gasteiger partial charge in [-0.05, 0) is 31.4 Å². The second kappa shape index (κ2) is 9.54. The molecule has 0 radical (unpaired) electrons. The highest BCUT2D eigenvalue weighted by Crippen LogP contribution is 2.17. The van der Waals surface area contributed by atoms with Crippen LogP contribution in [0.5, 0.6) is 5.75 Å². The number of carbonyl (C=O) groups is 3. The third kappa shape index (κ3) is 6.28. The number of ether oxygens (including phenoxy) is 1. The maximum Gasteiger partial charge on any atom is 0.326 e. The number of carboxylic acids is 1. The monoisotopic (exact) mass is 336 g/mol. The molecule has 0 saturated carbocycles. The topological polar surface area (TPSA) is 105 Å². The van der Waals surface area contributed by atoms with Crippen LogP contribution in [0.25, 0.3) is 0 Å². The van der Waals surface area contributed by atoms with Gasteiger partial charge in [0.1, 0.15) is 11.8 Å². The van der Waals surface area contributed by atoms with Gasteiger partial charge in [-0.1, -0.05) is 26.0 Å². The van der Waals surface area contributed by atoms with E-state index < -0.39 is 23.8 Å². The number of rotatable bonds is 9. The van der Waals surface area contributed by atoms with Crippen molar-refractivity contribution in [3.05, 3.63) is 29.8 Å². The Morgan fingerprint density at radius 3 is 2.46 bits per heavy atom. The molecule has 24 heavy (non-hydrogen) atoms. The summed E-state index contributed by atoms with van der Waals surface area (Å²) in [6, 6.07) is 5.74. The fraction of sp³-hybridized carbons (Fsp3) is 0.471. The quantitative estimate of drug-likeness (QED) is 0.633. The summed E-state index contributed by atoms with van der Waals surface area (Å²) in [4.78, 5) is 35.1. The molecule has 0 aromatic heterocycles. The van der Waals surface area contributed by atoms with Crippen molar-refractivity contribution in [3.63, 3.8) is 0 Å². The molecule has 0 fully saturated rings. The number of aliphatic carboxylic acids is 1. The standard InChI is InChI=1S/C17H24N2O5/c1-4-24-14-8-6-5-7-12(14)16(21)18-10-15(20)19-13(17(22)23)9-11(2)3/h5-8,11,13H,4,9-10H2,1-3H3,(H,18,21)(H,19,20)(H,22,23)/t13-/m0/s1. The minimum atomic E-state index is -1.09. The van der Waals surface area contributed by atoms with Crippen molar-refractivity contribution in [2.45, 2.75) is 33.2 Å². The molecule has 1 atom stereocenters. The van der Waals surface area contributed by atoms with Crippen LogP contribution in [-0.2, 0) is 9.59 Å². The molecule has 0 aliphatic carbocycles. The highest BCUT2D eigenvalue weighted by atomic mass is 16.5. The zero-order chi connectivity index (χ0) is 18.1. The molecule has 0 spiro atoms. The second-order valence-electron chi connectivity index (χ2n) is 5.70. The minimum Gasteiger partial charge on any atom is -0.493 e. The maximum atomic E-state index is 12.2. The summed E-state index contributed by atoms with van der Waals surface area (Å²) in [6.45, 7) is 5.66. The van der Waals surface area contributed by atoms with E-state index in [4.69, 9.17) is 9.84 Å². The molecule has 132 valence electrons. The van der Waals surface area contributed by atoms with Gasteiger partial charge in [-0.25, -0.2) is 4.79 Å². The lowest BCUT2D eigenvalue weighted by Gasteiger charge is -2.17. The first-order valence-electron chi connectivity index (χ1n) is 7.87. The predicted octanol–water partition coefficient (Wildman–Crippen LogP) is 1.43. The first kappa shape index (κ1) is 19.5. The third-order valence-electron chi connectivity index (χ3n) is 3.18. The van der Waals surface area contributed by atoms with E-state index in [0.29, 0.717) is 24.3 Å². The van der Waals surface area contributed by atoms with Gasteiger partial charge in [0.05, 0.1) is 18.7 Å². The van der Waals surface area contributed by atoms with Crippen molar-refractivity contribution < 1.29 is 24.2 Å². The zero-order valence-corrected chi connectivity index (χ0v) is 14.2. The Morgan fingerprint density at radius 2 is 1.88 bits per heavy atom. The molecule has 1 aromatic carbocycles. The van der Waals surface area contributed by atoms with Crippen LogP contribution in [-0.4, -0.2) is 42.1 Å². The van der Waals surface area contributed by atoms with E-state index in [2.05, 4.69) is 10.6 Å². The number of para-hydroxylation sites is 1. The summed E-state index contributed by atoms with van der Waals surface area (Å²) >= 11 is 0. The number of hydrogen-bond acceptors (Lipinski definition) is 4. The lowest BCUT2D eigenvalue weighted by atomic mass is 10.0. The lowest BCUT2D eigenvalue weighted by Crippen LogP contribution is -2.46. The van der Waals surface area contributed by atoms with E-state index in [1.165, 1.54) is 0 Å². The van der Waals surface area contributed by atoms with Crippen LogP contribution in [0.1, 0.15) is 37.6 Å². The zero-order valence-electron chi connectivity index (χ0n) is 14.2. The molecule has 0 aliphatic heterocycles. The van der Waals surface area contributed by atoms with Gasteiger partial charge in [-0.15, -0.1) is 0 Å². The Morgan fingerprint density at radius 1 is 1.21 bits per heavy atom. The van der Waals surface area contributed by atoms with E-state index in [1.54, 1.807) is 24.3 Å². The Balaban J connectivity index is 2.60.